The van der Waals surface area contributed by atoms with E-state index < -0.39 is 8.07 Å². The molecule has 15 heavy (non-hydrogen) atoms. The minimum Gasteiger partial charge on any atom is -0.295 e. The molecule has 0 bridgehead atoms. The third kappa shape index (κ3) is 4.43. The molecule has 82 valence electrons. The van der Waals surface area contributed by atoms with Crippen molar-refractivity contribution in [1.29, 1.82) is 0 Å². The van der Waals surface area contributed by atoms with E-state index in [1.807, 2.05) is 12.1 Å². The fourth-order valence-corrected chi connectivity index (χ4v) is 2.46. The molecule has 1 aromatic carbocycles. The van der Waals surface area contributed by atoms with Crippen molar-refractivity contribution in [1.82, 2.24) is 0 Å². The Morgan fingerprint density at radius 1 is 1.13 bits per heavy atom. The maximum atomic E-state index is 11.1. The number of Topliss-reactive ketones (excluding diaryl/α,β-unsaturated/α-hetero) is 1. The first-order chi connectivity index (χ1) is 6.88. The van der Waals surface area contributed by atoms with Crippen molar-refractivity contribution >= 4 is 13.9 Å². The summed E-state index contributed by atoms with van der Waals surface area (Å²) in [5.41, 5.74) is 2.16. The molecule has 0 aliphatic heterocycles. The van der Waals surface area contributed by atoms with Gasteiger partial charge in [0.25, 0.3) is 0 Å². The Bertz CT molecular complexity index is 333. The van der Waals surface area contributed by atoms with Gasteiger partial charge in [0, 0.05) is 13.6 Å². The third-order valence-electron chi connectivity index (χ3n) is 2.52. The highest BCUT2D eigenvalue weighted by molar-refractivity contribution is 6.76. The second-order valence-corrected chi connectivity index (χ2v) is 10.9. The predicted octanol–water partition coefficient (Wildman–Crippen LogP) is 3.77. The standard InChI is InChI=1S/C13H20OSi/c1-11(14)13-7-5-12(6-8-13)9-10-15(2,3)4/h5-8H,9-10H2,1-4H3. The third-order valence-corrected chi connectivity index (χ3v) is 4.27. The van der Waals surface area contributed by atoms with E-state index >= 15 is 0 Å². The molecule has 1 nitrogen and oxygen atoms in total. The zero-order valence-electron chi connectivity index (χ0n) is 10.1. The van der Waals surface area contributed by atoms with Gasteiger partial charge in [-0.3, -0.25) is 4.79 Å². The van der Waals surface area contributed by atoms with E-state index in [0.717, 1.165) is 12.0 Å². The Kier molecular flexibility index (Phi) is 3.86. The van der Waals surface area contributed by atoms with Gasteiger partial charge >= 0.3 is 0 Å². The summed E-state index contributed by atoms with van der Waals surface area (Å²) < 4.78 is 0. The minimum atomic E-state index is -0.942. The molecular formula is C13H20OSi. The lowest BCUT2D eigenvalue weighted by Crippen LogP contribution is -2.19. The Labute approximate surface area is 93.5 Å². The second-order valence-electron chi connectivity index (χ2n) is 5.31. The van der Waals surface area contributed by atoms with E-state index in [2.05, 4.69) is 31.8 Å². The smallest absolute Gasteiger partial charge is 0.159 e. The fraction of sp³-hybridized carbons (Fsp3) is 0.462. The molecule has 0 aromatic heterocycles. The molecule has 0 atom stereocenters. The zero-order valence-corrected chi connectivity index (χ0v) is 11.1. The summed E-state index contributed by atoms with van der Waals surface area (Å²) in [6.07, 6.45) is 1.15. The van der Waals surface area contributed by atoms with Crippen LogP contribution in [0.5, 0.6) is 0 Å². The van der Waals surface area contributed by atoms with E-state index in [1.165, 1.54) is 11.6 Å². The van der Waals surface area contributed by atoms with Crippen LogP contribution in [0.1, 0.15) is 22.8 Å². The van der Waals surface area contributed by atoms with Crippen LogP contribution in [0.3, 0.4) is 0 Å². The van der Waals surface area contributed by atoms with Gasteiger partial charge < -0.3 is 0 Å². The molecule has 0 radical (unpaired) electrons. The molecular weight excluding hydrogens is 200 g/mol. The summed E-state index contributed by atoms with van der Waals surface area (Å²) in [5.74, 6) is 0.145. The molecule has 0 amide bonds. The molecule has 1 aromatic rings. The lowest BCUT2D eigenvalue weighted by atomic mass is 10.1. The van der Waals surface area contributed by atoms with Gasteiger partial charge in [0.05, 0.1) is 0 Å². The molecule has 0 spiro atoms. The van der Waals surface area contributed by atoms with Gasteiger partial charge in [0.2, 0.25) is 0 Å². The highest BCUT2D eigenvalue weighted by Gasteiger charge is 2.12. The molecule has 0 saturated heterocycles. The first kappa shape index (κ1) is 12.2. The SMILES string of the molecule is CC(=O)c1ccc(CC[Si](C)(C)C)cc1. The van der Waals surface area contributed by atoms with Crippen molar-refractivity contribution in [2.75, 3.05) is 0 Å². The maximum Gasteiger partial charge on any atom is 0.159 e. The zero-order chi connectivity index (χ0) is 11.5. The fourth-order valence-electron chi connectivity index (χ4n) is 1.43. The van der Waals surface area contributed by atoms with Crippen LogP contribution in [0.4, 0.5) is 0 Å². The second kappa shape index (κ2) is 4.75. The quantitative estimate of drug-likeness (QED) is 0.557. The van der Waals surface area contributed by atoms with Crippen LogP contribution in [0.2, 0.25) is 25.7 Å². The molecule has 0 aliphatic carbocycles. The molecule has 0 unspecified atom stereocenters. The molecule has 2 heteroatoms. The average molecular weight is 220 g/mol. The molecule has 0 aliphatic rings. The van der Waals surface area contributed by atoms with E-state index in [9.17, 15) is 4.79 Å². The van der Waals surface area contributed by atoms with Gasteiger partial charge in [-0.1, -0.05) is 50.0 Å². The normalized spacial score (nSPS) is 11.5. The van der Waals surface area contributed by atoms with Crippen LogP contribution < -0.4 is 0 Å². The summed E-state index contributed by atoms with van der Waals surface area (Å²) in [7, 11) is -0.942. The number of hydrogen-bond donors (Lipinski definition) is 0. The van der Waals surface area contributed by atoms with E-state index in [1.54, 1.807) is 6.92 Å². The summed E-state index contributed by atoms with van der Waals surface area (Å²) in [6, 6.07) is 9.34. The Morgan fingerprint density at radius 2 is 1.67 bits per heavy atom. The van der Waals surface area contributed by atoms with Crippen molar-refractivity contribution in [2.45, 2.75) is 39.0 Å². The summed E-state index contributed by atoms with van der Waals surface area (Å²) in [4.78, 5) is 11.1. The topological polar surface area (TPSA) is 17.1 Å². The van der Waals surface area contributed by atoms with Gasteiger partial charge in [-0.25, -0.2) is 0 Å². The first-order valence-electron chi connectivity index (χ1n) is 5.48. The molecule has 0 heterocycles. The Morgan fingerprint density at radius 3 is 2.07 bits per heavy atom. The lowest BCUT2D eigenvalue weighted by molar-refractivity contribution is 0.101. The number of rotatable bonds is 4. The Hall–Kier alpha value is -0.893. The summed E-state index contributed by atoms with van der Waals surface area (Å²) in [6.45, 7) is 8.77. The minimum absolute atomic E-state index is 0.145. The summed E-state index contributed by atoms with van der Waals surface area (Å²) >= 11 is 0. The summed E-state index contributed by atoms with van der Waals surface area (Å²) in [5, 5.41) is 0. The van der Waals surface area contributed by atoms with Crippen LogP contribution in [-0.4, -0.2) is 13.9 Å². The number of aryl methyl sites for hydroxylation is 1. The highest BCUT2D eigenvalue weighted by atomic mass is 28.3. The molecule has 0 fully saturated rings. The Balaban J connectivity index is 2.61. The van der Waals surface area contributed by atoms with Crippen LogP contribution in [-0.2, 0) is 6.42 Å². The number of carbonyl (C=O) groups excluding carboxylic acids is 1. The molecule has 1 rings (SSSR count). The maximum absolute atomic E-state index is 11.1. The van der Waals surface area contributed by atoms with Crippen molar-refractivity contribution in [3.8, 4) is 0 Å². The van der Waals surface area contributed by atoms with Gasteiger partial charge in [-0.2, -0.15) is 0 Å². The van der Waals surface area contributed by atoms with Crippen LogP contribution in [0, 0.1) is 0 Å². The number of benzene rings is 1. The number of ketones is 1. The number of carbonyl (C=O) groups is 1. The average Bonchev–Trinajstić information content (AvgIpc) is 2.14. The van der Waals surface area contributed by atoms with Gasteiger partial charge in [0.1, 0.15) is 0 Å². The molecule has 0 saturated carbocycles. The highest BCUT2D eigenvalue weighted by Crippen LogP contribution is 2.14. The van der Waals surface area contributed by atoms with Crippen molar-refractivity contribution in [3.63, 3.8) is 0 Å². The lowest BCUT2D eigenvalue weighted by Gasteiger charge is -2.15. The monoisotopic (exact) mass is 220 g/mol. The van der Waals surface area contributed by atoms with E-state index in [-0.39, 0.29) is 5.78 Å². The van der Waals surface area contributed by atoms with Crippen molar-refractivity contribution in [3.05, 3.63) is 35.4 Å². The van der Waals surface area contributed by atoms with E-state index in [0.29, 0.717) is 0 Å². The van der Waals surface area contributed by atoms with Crippen molar-refractivity contribution in [2.24, 2.45) is 0 Å². The van der Waals surface area contributed by atoms with Gasteiger partial charge in [-0.05, 0) is 18.9 Å². The predicted molar refractivity (Wildman–Crippen MR) is 68.3 cm³/mol. The van der Waals surface area contributed by atoms with Gasteiger partial charge in [0.15, 0.2) is 5.78 Å². The van der Waals surface area contributed by atoms with Crippen LogP contribution in [0.15, 0.2) is 24.3 Å². The largest absolute Gasteiger partial charge is 0.295 e. The van der Waals surface area contributed by atoms with Crippen LogP contribution in [0.25, 0.3) is 0 Å². The van der Waals surface area contributed by atoms with Gasteiger partial charge in [-0.15, -0.1) is 0 Å². The first-order valence-corrected chi connectivity index (χ1v) is 9.19. The van der Waals surface area contributed by atoms with E-state index in [4.69, 9.17) is 0 Å². The van der Waals surface area contributed by atoms with Crippen molar-refractivity contribution < 1.29 is 4.79 Å². The van der Waals surface area contributed by atoms with Crippen LogP contribution >= 0.6 is 0 Å². The molecule has 0 N–H and O–H groups in total. The number of hydrogen-bond acceptors (Lipinski definition) is 1.